The van der Waals surface area contributed by atoms with Gasteiger partial charge in [-0.2, -0.15) is 0 Å². The molecule has 0 spiro atoms. The number of carbonyl (C=O) groups excluding carboxylic acids is 1. The summed E-state index contributed by atoms with van der Waals surface area (Å²) in [5.74, 6) is -0.873. The van der Waals surface area contributed by atoms with Gasteiger partial charge in [-0.15, -0.1) is 0 Å². The molecule has 2 aromatic heterocycles. The zero-order chi connectivity index (χ0) is 26.8. The lowest BCUT2D eigenvalue weighted by Gasteiger charge is -2.29. The SMILES string of the molecule is C[C@]1(N)COc2c1cc([C@@](O)(CCC(=O)c1cc(F)c3nc(N)sc3c1)C1CC1)nc2-c1ccc(F)cc1. The van der Waals surface area contributed by atoms with E-state index >= 15 is 0 Å². The molecule has 1 fully saturated rings. The zero-order valence-electron chi connectivity index (χ0n) is 20.6. The third-order valence-electron chi connectivity index (χ3n) is 7.44. The van der Waals surface area contributed by atoms with Crippen molar-refractivity contribution in [3.63, 3.8) is 0 Å². The molecule has 4 aromatic rings. The van der Waals surface area contributed by atoms with Crippen molar-refractivity contribution in [3.8, 4) is 17.0 Å². The molecule has 10 heteroatoms. The maximum atomic E-state index is 14.6. The van der Waals surface area contributed by atoms with Gasteiger partial charge < -0.3 is 21.3 Å². The van der Waals surface area contributed by atoms with Crippen molar-refractivity contribution >= 4 is 32.5 Å². The summed E-state index contributed by atoms with van der Waals surface area (Å²) in [5.41, 5.74) is 12.5. The minimum absolute atomic E-state index is 0.0206. The monoisotopic (exact) mass is 536 g/mol. The summed E-state index contributed by atoms with van der Waals surface area (Å²) in [6.07, 6.45) is 1.64. The summed E-state index contributed by atoms with van der Waals surface area (Å²) in [5, 5.41) is 12.2. The Hall–Kier alpha value is -3.47. The zero-order valence-corrected chi connectivity index (χ0v) is 21.4. The van der Waals surface area contributed by atoms with E-state index in [0.717, 1.165) is 30.2 Å². The Labute approximate surface area is 221 Å². The average molecular weight is 537 g/mol. The van der Waals surface area contributed by atoms with Gasteiger partial charge in [-0.3, -0.25) is 4.79 Å². The molecular weight excluding hydrogens is 510 g/mol. The van der Waals surface area contributed by atoms with E-state index in [0.29, 0.717) is 33.0 Å². The Bertz CT molecular complexity index is 1580. The molecule has 2 aliphatic rings. The largest absolute Gasteiger partial charge is 0.489 e. The van der Waals surface area contributed by atoms with E-state index in [1.807, 2.05) is 6.92 Å². The third-order valence-corrected chi connectivity index (χ3v) is 8.27. The second kappa shape index (κ2) is 8.79. The molecule has 7 nitrogen and oxygen atoms in total. The van der Waals surface area contributed by atoms with E-state index in [1.165, 1.54) is 12.1 Å². The van der Waals surface area contributed by atoms with E-state index < -0.39 is 17.0 Å². The number of anilines is 1. The average Bonchev–Trinajstić information content (AvgIpc) is 3.61. The van der Waals surface area contributed by atoms with Crippen molar-refractivity contribution in [2.24, 2.45) is 11.7 Å². The first-order chi connectivity index (χ1) is 18.0. The fourth-order valence-electron chi connectivity index (χ4n) is 5.15. The number of carbonyl (C=O) groups is 1. The number of rotatable bonds is 7. The molecule has 1 aliphatic carbocycles. The summed E-state index contributed by atoms with van der Waals surface area (Å²) in [4.78, 5) is 21.9. The molecule has 1 aliphatic heterocycles. The first-order valence-electron chi connectivity index (χ1n) is 12.4. The topological polar surface area (TPSA) is 124 Å². The summed E-state index contributed by atoms with van der Waals surface area (Å²) in [6, 6.07) is 10.4. The number of halogens is 2. The van der Waals surface area contributed by atoms with Gasteiger partial charge in [-0.05, 0) is 74.6 Å². The van der Waals surface area contributed by atoms with Gasteiger partial charge in [0, 0.05) is 23.1 Å². The first kappa shape index (κ1) is 24.8. The number of hydrogen-bond donors (Lipinski definition) is 3. The third kappa shape index (κ3) is 4.22. The second-order valence-corrected chi connectivity index (χ2v) is 11.5. The smallest absolute Gasteiger partial charge is 0.181 e. The predicted octanol–water partition coefficient (Wildman–Crippen LogP) is 5.05. The fraction of sp³-hybridized carbons (Fsp3) is 0.321. The highest BCUT2D eigenvalue weighted by Crippen LogP contribution is 2.51. The lowest BCUT2D eigenvalue weighted by atomic mass is 9.83. The molecule has 196 valence electrons. The molecule has 1 saturated carbocycles. The number of fused-ring (bicyclic) bond motifs is 2. The number of ether oxygens (including phenoxy) is 1. The van der Waals surface area contributed by atoms with Crippen molar-refractivity contribution < 1.29 is 23.4 Å². The number of hydrogen-bond acceptors (Lipinski definition) is 8. The second-order valence-electron chi connectivity index (χ2n) is 10.4. The van der Waals surface area contributed by atoms with E-state index in [4.69, 9.17) is 21.2 Å². The maximum absolute atomic E-state index is 14.6. The van der Waals surface area contributed by atoms with Crippen LogP contribution >= 0.6 is 11.3 Å². The quantitative estimate of drug-likeness (QED) is 0.283. The number of nitrogens with two attached hydrogens (primary N) is 2. The molecule has 2 atom stereocenters. The molecule has 38 heavy (non-hydrogen) atoms. The lowest BCUT2D eigenvalue weighted by Crippen LogP contribution is -2.35. The van der Waals surface area contributed by atoms with Crippen LogP contribution in [0.25, 0.3) is 21.5 Å². The number of nitrogens with zero attached hydrogens (tertiary/aromatic N) is 2. The maximum Gasteiger partial charge on any atom is 0.181 e. The van der Waals surface area contributed by atoms with Crippen molar-refractivity contribution in [1.29, 1.82) is 0 Å². The van der Waals surface area contributed by atoms with Gasteiger partial charge in [0.2, 0.25) is 0 Å². The number of pyridine rings is 1. The lowest BCUT2D eigenvalue weighted by molar-refractivity contribution is -0.00116. The van der Waals surface area contributed by atoms with Crippen LogP contribution in [0.1, 0.15) is 54.2 Å². The highest BCUT2D eigenvalue weighted by molar-refractivity contribution is 7.22. The normalized spacial score (nSPS) is 20.2. The molecule has 6 rings (SSSR count). The van der Waals surface area contributed by atoms with Gasteiger partial charge in [0.05, 0.1) is 15.9 Å². The van der Waals surface area contributed by atoms with E-state index in [2.05, 4.69) is 4.98 Å². The molecular formula is C28H26F2N4O3S. The van der Waals surface area contributed by atoms with E-state index in [-0.39, 0.29) is 53.2 Å². The van der Waals surface area contributed by atoms with Crippen LogP contribution in [0.15, 0.2) is 42.5 Å². The van der Waals surface area contributed by atoms with Gasteiger partial charge in [0.1, 0.15) is 29.2 Å². The highest BCUT2D eigenvalue weighted by atomic mass is 32.1. The Morgan fingerprint density at radius 3 is 2.66 bits per heavy atom. The molecule has 0 unspecified atom stereocenters. The van der Waals surface area contributed by atoms with E-state index in [9.17, 15) is 18.7 Å². The predicted molar refractivity (Wildman–Crippen MR) is 141 cm³/mol. The van der Waals surface area contributed by atoms with Crippen LogP contribution in [-0.4, -0.2) is 27.5 Å². The van der Waals surface area contributed by atoms with Crippen LogP contribution in [0.3, 0.4) is 0 Å². The number of aliphatic hydroxyl groups is 1. The molecule has 3 heterocycles. The standard InChI is InChI=1S/C28H26F2N4O3S/c1-27(32)13-37-25-18(27)12-22(33-23(25)14-2-6-17(29)7-3-14)28(36,16-4-5-16)9-8-20(35)15-10-19(30)24-21(11-15)38-26(31)34-24/h2-3,6-7,10-12,16,36H,4-5,8-9,13,32H2,1H3,(H2,31,34)/t27-,28+/m0/s1. The van der Waals surface area contributed by atoms with Crippen molar-refractivity contribution in [2.45, 2.75) is 43.7 Å². The fourth-order valence-corrected chi connectivity index (χ4v) is 5.93. The Morgan fingerprint density at radius 1 is 1.21 bits per heavy atom. The number of Topliss-reactive ketones (excluding diaryl/α,β-unsaturated/α-hetero) is 1. The van der Waals surface area contributed by atoms with Crippen molar-refractivity contribution in [3.05, 3.63) is 70.9 Å². The van der Waals surface area contributed by atoms with Gasteiger partial charge >= 0.3 is 0 Å². The van der Waals surface area contributed by atoms with Crippen LogP contribution in [0.2, 0.25) is 0 Å². The summed E-state index contributed by atoms with van der Waals surface area (Å²) >= 11 is 1.11. The van der Waals surface area contributed by atoms with Gasteiger partial charge in [0.15, 0.2) is 22.5 Å². The number of benzene rings is 2. The first-order valence-corrected chi connectivity index (χ1v) is 13.2. The molecule has 0 radical (unpaired) electrons. The van der Waals surface area contributed by atoms with E-state index in [1.54, 1.807) is 24.3 Å². The number of nitrogen functional groups attached to an aromatic ring is 1. The minimum atomic E-state index is -1.41. The van der Waals surface area contributed by atoms with Crippen LogP contribution in [-0.2, 0) is 11.1 Å². The van der Waals surface area contributed by atoms with Gasteiger partial charge in [-0.1, -0.05) is 11.3 Å². The van der Waals surface area contributed by atoms with Crippen LogP contribution < -0.4 is 16.2 Å². The summed E-state index contributed by atoms with van der Waals surface area (Å²) in [7, 11) is 0. The number of aromatic nitrogens is 2. The highest BCUT2D eigenvalue weighted by Gasteiger charge is 2.48. The summed E-state index contributed by atoms with van der Waals surface area (Å²) < 4.78 is 34.6. The number of thiazole rings is 1. The van der Waals surface area contributed by atoms with Crippen LogP contribution in [0.4, 0.5) is 13.9 Å². The van der Waals surface area contributed by atoms with Crippen molar-refractivity contribution in [2.75, 3.05) is 12.3 Å². The Balaban J connectivity index is 1.36. The molecule has 0 saturated heterocycles. The Kier molecular flexibility index (Phi) is 5.75. The summed E-state index contributed by atoms with van der Waals surface area (Å²) in [6.45, 7) is 2.08. The molecule has 5 N–H and O–H groups in total. The van der Waals surface area contributed by atoms with Gasteiger partial charge in [-0.25, -0.2) is 18.7 Å². The minimum Gasteiger partial charge on any atom is -0.489 e. The molecule has 0 amide bonds. The van der Waals surface area contributed by atoms with Crippen LogP contribution in [0, 0.1) is 17.6 Å². The molecule has 2 aromatic carbocycles. The number of ketones is 1. The Morgan fingerprint density at radius 2 is 1.95 bits per heavy atom. The van der Waals surface area contributed by atoms with Crippen LogP contribution in [0.5, 0.6) is 5.75 Å². The van der Waals surface area contributed by atoms with Gasteiger partial charge in [0.25, 0.3) is 0 Å². The molecule has 0 bridgehead atoms. The van der Waals surface area contributed by atoms with Crippen molar-refractivity contribution in [1.82, 2.24) is 9.97 Å².